The van der Waals surface area contributed by atoms with Crippen molar-refractivity contribution >= 4 is 15.9 Å². The van der Waals surface area contributed by atoms with E-state index in [1.165, 1.54) is 24.7 Å². The summed E-state index contributed by atoms with van der Waals surface area (Å²) in [5, 5.41) is 10.5. The summed E-state index contributed by atoms with van der Waals surface area (Å²) in [4.78, 5) is 20.1. The standard InChI is InChI=1S/C23H25F3N2O5S/c1-34(31,32)33-20(18-15(3-2-4-16(18)24)17-10-27-11-28-17)23(25,26)21(30)22-7-12-5-13(8-22)19(29)14(6-12)9-22/h2-4,10-14,19-20,29H,5-9H2,1H3,(H,27,28). The van der Waals surface area contributed by atoms with Crippen LogP contribution in [0.15, 0.2) is 30.7 Å². The number of ketones is 1. The summed E-state index contributed by atoms with van der Waals surface area (Å²) in [6, 6.07) is 3.52. The van der Waals surface area contributed by atoms with Gasteiger partial charge in [-0.15, -0.1) is 0 Å². The summed E-state index contributed by atoms with van der Waals surface area (Å²) in [6.45, 7) is 0. The van der Waals surface area contributed by atoms with Crippen molar-refractivity contribution in [3.05, 3.63) is 42.1 Å². The smallest absolute Gasteiger partial charge is 0.337 e. The molecular formula is C23H25F3N2O5S. The first-order valence-electron chi connectivity index (χ1n) is 11.2. The van der Waals surface area contributed by atoms with Crippen LogP contribution in [0.25, 0.3) is 11.3 Å². The Morgan fingerprint density at radius 1 is 1.26 bits per heavy atom. The lowest BCUT2D eigenvalue weighted by atomic mass is 9.47. The summed E-state index contributed by atoms with van der Waals surface area (Å²) in [6.07, 6.45) is 1.60. The van der Waals surface area contributed by atoms with Crippen molar-refractivity contribution in [2.24, 2.45) is 23.2 Å². The van der Waals surface area contributed by atoms with E-state index in [1.807, 2.05) is 0 Å². The van der Waals surface area contributed by atoms with Crippen LogP contribution >= 0.6 is 0 Å². The van der Waals surface area contributed by atoms with Crippen molar-refractivity contribution in [1.82, 2.24) is 9.97 Å². The second kappa shape index (κ2) is 7.89. The maximum absolute atomic E-state index is 16.1. The van der Waals surface area contributed by atoms with Crippen molar-refractivity contribution in [1.29, 1.82) is 0 Å². The Hall–Kier alpha value is -2.24. The van der Waals surface area contributed by atoms with Gasteiger partial charge in [0.2, 0.25) is 5.78 Å². The first kappa shape index (κ1) is 23.5. The number of aromatic nitrogens is 2. The van der Waals surface area contributed by atoms with Crippen molar-refractivity contribution in [2.75, 3.05) is 6.26 Å². The maximum atomic E-state index is 16.1. The number of hydrogen-bond acceptors (Lipinski definition) is 6. The number of hydrogen-bond donors (Lipinski definition) is 2. The highest BCUT2D eigenvalue weighted by Gasteiger charge is 2.65. The average molecular weight is 499 g/mol. The van der Waals surface area contributed by atoms with Crippen LogP contribution in [-0.2, 0) is 19.1 Å². The molecule has 4 aliphatic carbocycles. The van der Waals surface area contributed by atoms with Gasteiger partial charge in [-0.25, -0.2) is 9.37 Å². The van der Waals surface area contributed by atoms with Crippen LogP contribution in [0.1, 0.15) is 43.8 Å². The lowest BCUT2D eigenvalue weighted by Crippen LogP contribution is -2.60. The van der Waals surface area contributed by atoms with Gasteiger partial charge in [-0.2, -0.15) is 17.2 Å². The van der Waals surface area contributed by atoms with Gasteiger partial charge in [0.1, 0.15) is 5.82 Å². The van der Waals surface area contributed by atoms with Gasteiger partial charge in [0.05, 0.1) is 30.6 Å². The number of carbonyl (C=O) groups excluding carboxylic acids is 1. The molecule has 184 valence electrons. The molecule has 0 radical (unpaired) electrons. The van der Waals surface area contributed by atoms with Crippen LogP contribution in [0.4, 0.5) is 13.2 Å². The SMILES string of the molecule is CS(=O)(=O)OC(c1c(F)cccc1-c1cnc[nH]1)C(F)(F)C(=O)C12CC3CC(C1)C(O)C(C3)C2. The number of nitrogens with one attached hydrogen (secondary N) is 1. The molecule has 6 rings (SSSR count). The van der Waals surface area contributed by atoms with Crippen LogP contribution in [0.2, 0.25) is 0 Å². The van der Waals surface area contributed by atoms with E-state index in [0.29, 0.717) is 19.1 Å². The molecule has 0 aliphatic heterocycles. The van der Waals surface area contributed by atoms with Gasteiger partial charge in [-0.1, -0.05) is 12.1 Å². The Morgan fingerprint density at radius 3 is 2.53 bits per heavy atom. The molecule has 2 aromatic rings. The number of halogens is 3. The quantitative estimate of drug-likeness (QED) is 0.565. The molecule has 11 heteroatoms. The number of aliphatic hydroxyl groups excluding tert-OH is 1. The molecule has 4 saturated carbocycles. The molecule has 0 amide bonds. The van der Waals surface area contributed by atoms with Gasteiger partial charge in [0, 0.05) is 16.5 Å². The van der Waals surface area contributed by atoms with Crippen molar-refractivity contribution < 1.29 is 35.7 Å². The Balaban J connectivity index is 1.61. The van der Waals surface area contributed by atoms with Crippen LogP contribution in [0, 0.1) is 29.0 Å². The zero-order valence-electron chi connectivity index (χ0n) is 18.4. The monoisotopic (exact) mass is 498 g/mol. The van der Waals surface area contributed by atoms with Gasteiger partial charge in [-0.3, -0.25) is 8.98 Å². The summed E-state index contributed by atoms with van der Waals surface area (Å²) < 4.78 is 76.2. The van der Waals surface area contributed by atoms with E-state index in [9.17, 15) is 18.3 Å². The fraction of sp³-hybridized carbons (Fsp3) is 0.565. The third kappa shape index (κ3) is 3.77. The molecular weight excluding hydrogens is 473 g/mol. The van der Waals surface area contributed by atoms with Gasteiger partial charge in [0.25, 0.3) is 10.1 Å². The van der Waals surface area contributed by atoms with Crippen LogP contribution in [-0.4, -0.2) is 47.6 Å². The number of rotatable bonds is 7. The molecule has 4 fully saturated rings. The Kier molecular flexibility index (Phi) is 5.45. The molecule has 1 heterocycles. The highest BCUT2D eigenvalue weighted by Crippen LogP contribution is 2.62. The summed E-state index contributed by atoms with van der Waals surface area (Å²) in [5.41, 5.74) is -2.06. The lowest BCUT2D eigenvalue weighted by molar-refractivity contribution is -0.192. The molecule has 0 saturated heterocycles. The number of alkyl halides is 2. The largest absolute Gasteiger partial charge is 0.393 e. The summed E-state index contributed by atoms with van der Waals surface area (Å²) in [5.74, 6) is -7.39. The first-order valence-corrected chi connectivity index (χ1v) is 13.0. The molecule has 1 aromatic carbocycles. The molecule has 2 N–H and O–H groups in total. The first-order chi connectivity index (χ1) is 15.9. The van der Waals surface area contributed by atoms with Crippen molar-refractivity contribution in [2.45, 2.75) is 50.2 Å². The van der Waals surface area contributed by atoms with E-state index in [4.69, 9.17) is 4.18 Å². The molecule has 34 heavy (non-hydrogen) atoms. The molecule has 0 spiro atoms. The van der Waals surface area contributed by atoms with Gasteiger partial charge < -0.3 is 10.1 Å². The van der Waals surface area contributed by atoms with E-state index in [-0.39, 0.29) is 48.3 Å². The molecule has 4 aliphatic rings. The Bertz CT molecular complexity index is 1200. The van der Waals surface area contributed by atoms with Gasteiger partial charge in [0.15, 0.2) is 6.10 Å². The Morgan fingerprint density at radius 2 is 1.94 bits per heavy atom. The molecule has 3 atom stereocenters. The number of aromatic amines is 1. The maximum Gasteiger partial charge on any atom is 0.337 e. The number of benzene rings is 1. The fourth-order valence-corrected chi connectivity index (χ4v) is 7.22. The van der Waals surface area contributed by atoms with Crippen LogP contribution < -0.4 is 0 Å². The number of imidazole rings is 1. The number of aliphatic hydroxyl groups is 1. The summed E-state index contributed by atoms with van der Waals surface area (Å²) in [7, 11) is -4.52. The minimum atomic E-state index is -4.52. The molecule has 7 nitrogen and oxygen atoms in total. The predicted octanol–water partition coefficient (Wildman–Crippen LogP) is 3.62. The second-order valence-corrected chi connectivity index (χ2v) is 11.6. The zero-order valence-corrected chi connectivity index (χ0v) is 19.2. The number of Topliss-reactive ketones (excluding diaryl/α,β-unsaturated/α-hetero) is 1. The van der Waals surface area contributed by atoms with Crippen molar-refractivity contribution in [3.63, 3.8) is 0 Å². The molecule has 4 bridgehead atoms. The number of carbonyl (C=O) groups is 1. The fourth-order valence-electron chi connectivity index (χ4n) is 6.65. The third-order valence-corrected chi connectivity index (χ3v) is 8.25. The third-order valence-electron chi connectivity index (χ3n) is 7.71. The Labute approximate surface area is 194 Å². The van der Waals surface area contributed by atoms with E-state index < -0.39 is 50.8 Å². The highest BCUT2D eigenvalue weighted by atomic mass is 32.2. The second-order valence-electron chi connectivity index (χ2n) is 10.0. The lowest BCUT2D eigenvalue weighted by Gasteiger charge is -2.58. The number of nitrogens with zero attached hydrogens (tertiary/aromatic N) is 1. The normalized spacial score (nSPS) is 31.6. The van der Waals surface area contributed by atoms with Crippen molar-refractivity contribution in [3.8, 4) is 11.3 Å². The van der Waals surface area contributed by atoms with Gasteiger partial charge in [-0.05, 0) is 55.9 Å². The zero-order chi connectivity index (χ0) is 24.5. The van der Waals surface area contributed by atoms with E-state index in [2.05, 4.69) is 9.97 Å². The molecule has 3 unspecified atom stereocenters. The summed E-state index contributed by atoms with van der Waals surface area (Å²) >= 11 is 0. The van der Waals surface area contributed by atoms with Crippen LogP contribution in [0.5, 0.6) is 0 Å². The van der Waals surface area contributed by atoms with E-state index >= 15 is 13.2 Å². The minimum Gasteiger partial charge on any atom is -0.393 e. The minimum absolute atomic E-state index is 0.0453. The van der Waals surface area contributed by atoms with E-state index in [0.717, 1.165) is 6.07 Å². The number of H-pyrrole nitrogens is 1. The van der Waals surface area contributed by atoms with Crippen LogP contribution in [0.3, 0.4) is 0 Å². The highest BCUT2D eigenvalue weighted by molar-refractivity contribution is 7.86. The van der Waals surface area contributed by atoms with Gasteiger partial charge >= 0.3 is 5.92 Å². The van der Waals surface area contributed by atoms with E-state index in [1.54, 1.807) is 0 Å². The average Bonchev–Trinajstić information content (AvgIpc) is 3.29. The topological polar surface area (TPSA) is 109 Å². The predicted molar refractivity (Wildman–Crippen MR) is 115 cm³/mol. The molecule has 1 aromatic heterocycles.